The molecule has 0 unspecified atom stereocenters. The fraction of sp³-hybridized carbons (Fsp3) is 0.696. The van der Waals surface area contributed by atoms with Crippen LogP contribution in [0.5, 0.6) is 11.5 Å². The lowest BCUT2D eigenvalue weighted by Crippen LogP contribution is -2.51. The molecule has 0 spiro atoms. The van der Waals surface area contributed by atoms with Crippen molar-refractivity contribution in [2.24, 2.45) is 5.92 Å². The van der Waals surface area contributed by atoms with Crippen LogP contribution in [0.1, 0.15) is 51.5 Å². The van der Waals surface area contributed by atoms with Crippen molar-refractivity contribution in [3.63, 3.8) is 0 Å². The van der Waals surface area contributed by atoms with Gasteiger partial charge in [0, 0.05) is 32.7 Å². The molecule has 2 heterocycles. The van der Waals surface area contributed by atoms with Gasteiger partial charge in [-0.2, -0.15) is 17.0 Å². The number of amides is 1. The minimum absolute atomic E-state index is 0.0699. The van der Waals surface area contributed by atoms with Crippen LogP contribution in [-0.4, -0.2) is 68.9 Å². The van der Waals surface area contributed by atoms with Crippen LogP contribution < -0.4 is 14.8 Å². The maximum atomic E-state index is 13.0. The summed E-state index contributed by atoms with van der Waals surface area (Å²) in [6, 6.07) is 5.83. The van der Waals surface area contributed by atoms with Crippen LogP contribution in [0, 0.1) is 5.92 Å². The number of hydrogen-bond donors (Lipinski definition) is 1. The molecule has 2 aliphatic rings. The molecule has 0 saturated carbocycles. The van der Waals surface area contributed by atoms with Gasteiger partial charge in [-0.15, -0.1) is 0 Å². The molecule has 1 N–H and O–H groups in total. The zero-order valence-corrected chi connectivity index (χ0v) is 20.2. The molecule has 32 heavy (non-hydrogen) atoms. The fourth-order valence-electron chi connectivity index (χ4n) is 4.35. The van der Waals surface area contributed by atoms with Crippen LogP contribution >= 0.6 is 0 Å². The molecule has 0 bridgehead atoms. The van der Waals surface area contributed by atoms with Crippen molar-refractivity contribution in [3.05, 3.63) is 23.8 Å². The predicted molar refractivity (Wildman–Crippen MR) is 124 cm³/mol. The number of piperidine rings is 2. The normalized spacial score (nSPS) is 20.6. The van der Waals surface area contributed by atoms with E-state index in [9.17, 15) is 13.2 Å². The first kappa shape index (κ1) is 24.8. The Morgan fingerprint density at radius 1 is 1.00 bits per heavy atom. The highest BCUT2D eigenvalue weighted by atomic mass is 32.2. The summed E-state index contributed by atoms with van der Waals surface area (Å²) in [5.74, 6) is 1.06. The maximum Gasteiger partial charge on any atom is 0.281 e. The Labute approximate surface area is 192 Å². The van der Waals surface area contributed by atoms with E-state index in [2.05, 4.69) is 5.32 Å². The Kier molecular flexibility index (Phi) is 9.19. The third-order valence-electron chi connectivity index (χ3n) is 6.04. The standard InChI is InChI=1S/C23H37N3O5S/c1-3-30-21-11-10-19(17-22(21)31-4-2)12-13-24-23(27)20-9-8-16-26(18-20)32(28,29)25-14-6-5-7-15-25/h10-11,17,20H,3-9,12-16,18H2,1-2H3,(H,24,27)/t20-/m0/s1. The molecule has 1 atom stereocenters. The number of nitrogens with one attached hydrogen (secondary N) is 1. The SMILES string of the molecule is CCOc1ccc(CCNC(=O)[C@H]2CCCN(S(=O)(=O)N3CCCCC3)C2)cc1OCC. The van der Waals surface area contributed by atoms with Crippen molar-refractivity contribution < 1.29 is 22.7 Å². The van der Waals surface area contributed by atoms with Crippen LogP contribution in [0.3, 0.4) is 0 Å². The second-order valence-electron chi connectivity index (χ2n) is 8.35. The molecule has 180 valence electrons. The molecule has 2 aliphatic heterocycles. The van der Waals surface area contributed by atoms with Gasteiger partial charge in [-0.3, -0.25) is 4.79 Å². The van der Waals surface area contributed by atoms with Crippen LogP contribution in [0.15, 0.2) is 18.2 Å². The quantitative estimate of drug-likeness (QED) is 0.571. The minimum Gasteiger partial charge on any atom is -0.490 e. The summed E-state index contributed by atoms with van der Waals surface area (Å²) in [6.07, 6.45) is 5.00. The third kappa shape index (κ3) is 6.36. The monoisotopic (exact) mass is 467 g/mol. The Bertz CT molecular complexity index is 855. The van der Waals surface area contributed by atoms with E-state index in [4.69, 9.17) is 9.47 Å². The average molecular weight is 468 g/mol. The second kappa shape index (κ2) is 11.9. The van der Waals surface area contributed by atoms with E-state index in [0.717, 1.165) is 37.0 Å². The van der Waals surface area contributed by atoms with Crippen molar-refractivity contribution in [1.29, 1.82) is 0 Å². The lowest BCUT2D eigenvalue weighted by Gasteiger charge is -2.36. The molecular formula is C23H37N3O5S. The molecule has 1 amide bonds. The third-order valence-corrected chi connectivity index (χ3v) is 8.05. The molecule has 8 nitrogen and oxygen atoms in total. The van der Waals surface area contributed by atoms with E-state index >= 15 is 0 Å². The number of rotatable bonds is 10. The molecule has 0 aliphatic carbocycles. The number of ether oxygens (including phenoxy) is 2. The molecule has 0 aromatic heterocycles. The zero-order chi connectivity index (χ0) is 23.0. The summed E-state index contributed by atoms with van der Waals surface area (Å²) in [6.45, 7) is 7.42. The summed E-state index contributed by atoms with van der Waals surface area (Å²) < 4.78 is 40.3. The van der Waals surface area contributed by atoms with E-state index in [1.165, 1.54) is 4.31 Å². The van der Waals surface area contributed by atoms with Gasteiger partial charge in [-0.05, 0) is 63.6 Å². The van der Waals surface area contributed by atoms with Crippen molar-refractivity contribution in [2.75, 3.05) is 45.9 Å². The molecule has 2 fully saturated rings. The Morgan fingerprint density at radius 2 is 1.69 bits per heavy atom. The highest BCUT2D eigenvalue weighted by molar-refractivity contribution is 7.86. The number of carbonyl (C=O) groups is 1. The van der Waals surface area contributed by atoms with E-state index in [1.807, 2.05) is 32.0 Å². The highest BCUT2D eigenvalue weighted by Gasteiger charge is 2.36. The number of carbonyl (C=O) groups excluding carboxylic acids is 1. The first-order chi connectivity index (χ1) is 15.5. The number of benzene rings is 1. The maximum absolute atomic E-state index is 13.0. The fourth-order valence-corrected chi connectivity index (χ4v) is 6.12. The second-order valence-corrected chi connectivity index (χ2v) is 10.3. The largest absolute Gasteiger partial charge is 0.490 e. The minimum atomic E-state index is -3.47. The van der Waals surface area contributed by atoms with Gasteiger partial charge in [0.05, 0.1) is 19.1 Å². The number of hydrogen-bond acceptors (Lipinski definition) is 5. The first-order valence-electron chi connectivity index (χ1n) is 11.9. The molecule has 3 rings (SSSR count). The van der Waals surface area contributed by atoms with E-state index < -0.39 is 10.2 Å². The van der Waals surface area contributed by atoms with Gasteiger partial charge >= 0.3 is 0 Å². The lowest BCUT2D eigenvalue weighted by atomic mass is 9.99. The Balaban J connectivity index is 1.52. The summed E-state index contributed by atoms with van der Waals surface area (Å²) in [7, 11) is -3.47. The Hall–Kier alpha value is -1.84. The van der Waals surface area contributed by atoms with Gasteiger partial charge in [0.2, 0.25) is 5.91 Å². The summed E-state index contributed by atoms with van der Waals surface area (Å²) in [4.78, 5) is 12.8. The highest BCUT2D eigenvalue weighted by Crippen LogP contribution is 2.29. The summed E-state index contributed by atoms with van der Waals surface area (Å²) >= 11 is 0. The molecule has 1 aromatic rings. The number of nitrogens with zero attached hydrogens (tertiary/aromatic N) is 2. The van der Waals surface area contributed by atoms with Gasteiger partial charge < -0.3 is 14.8 Å². The lowest BCUT2D eigenvalue weighted by molar-refractivity contribution is -0.126. The molecular weight excluding hydrogens is 430 g/mol. The Morgan fingerprint density at radius 3 is 2.41 bits per heavy atom. The molecule has 1 aromatic carbocycles. The van der Waals surface area contributed by atoms with E-state index in [0.29, 0.717) is 58.0 Å². The molecule has 0 radical (unpaired) electrons. The van der Waals surface area contributed by atoms with Gasteiger partial charge in [0.1, 0.15) is 0 Å². The van der Waals surface area contributed by atoms with Gasteiger partial charge in [0.15, 0.2) is 11.5 Å². The van der Waals surface area contributed by atoms with Gasteiger partial charge in [-0.25, -0.2) is 0 Å². The van der Waals surface area contributed by atoms with Crippen molar-refractivity contribution in [2.45, 2.75) is 52.4 Å². The average Bonchev–Trinajstić information content (AvgIpc) is 2.81. The van der Waals surface area contributed by atoms with Crippen LogP contribution in [0.25, 0.3) is 0 Å². The van der Waals surface area contributed by atoms with Gasteiger partial charge in [0.25, 0.3) is 10.2 Å². The topological polar surface area (TPSA) is 88.2 Å². The van der Waals surface area contributed by atoms with Crippen LogP contribution in [0.4, 0.5) is 0 Å². The van der Waals surface area contributed by atoms with E-state index in [-0.39, 0.29) is 18.4 Å². The smallest absolute Gasteiger partial charge is 0.281 e. The van der Waals surface area contributed by atoms with Gasteiger partial charge in [-0.1, -0.05) is 12.5 Å². The zero-order valence-electron chi connectivity index (χ0n) is 19.3. The summed E-state index contributed by atoms with van der Waals surface area (Å²) in [5, 5.41) is 3.00. The summed E-state index contributed by atoms with van der Waals surface area (Å²) in [5.41, 5.74) is 1.05. The van der Waals surface area contributed by atoms with E-state index in [1.54, 1.807) is 4.31 Å². The predicted octanol–water partition coefficient (Wildman–Crippen LogP) is 2.59. The van der Waals surface area contributed by atoms with Crippen molar-refractivity contribution in [1.82, 2.24) is 13.9 Å². The van der Waals surface area contributed by atoms with Crippen LogP contribution in [0.2, 0.25) is 0 Å². The molecule has 9 heteroatoms. The van der Waals surface area contributed by atoms with Crippen LogP contribution in [-0.2, 0) is 21.4 Å². The first-order valence-corrected chi connectivity index (χ1v) is 13.3. The van der Waals surface area contributed by atoms with Crippen molar-refractivity contribution in [3.8, 4) is 11.5 Å². The molecule has 2 saturated heterocycles. The van der Waals surface area contributed by atoms with Crippen molar-refractivity contribution >= 4 is 16.1 Å².